The molecule has 3 aromatic rings. The van der Waals surface area contributed by atoms with Crippen LogP contribution in [0.4, 0.5) is 4.39 Å². The molecule has 0 spiro atoms. The van der Waals surface area contributed by atoms with Crippen molar-refractivity contribution < 1.29 is 9.18 Å². The number of H-pyrrole nitrogens is 1. The maximum absolute atomic E-state index is 13.8. The molecule has 0 fully saturated rings. The average molecular weight is 323 g/mol. The first-order valence-corrected chi connectivity index (χ1v) is 7.86. The van der Waals surface area contributed by atoms with Crippen molar-refractivity contribution in [3.05, 3.63) is 77.9 Å². The van der Waals surface area contributed by atoms with Crippen molar-refractivity contribution in [3.63, 3.8) is 0 Å². The average Bonchev–Trinajstić information content (AvgIpc) is 3.14. The smallest absolute Gasteiger partial charge is 0.271 e. The number of carbonyl (C=O) groups is 1. The molecule has 2 N–H and O–H groups in total. The maximum Gasteiger partial charge on any atom is 0.271 e. The monoisotopic (exact) mass is 323 g/mol. The Balaban J connectivity index is 1.50. The van der Waals surface area contributed by atoms with Gasteiger partial charge in [0.25, 0.3) is 5.91 Å². The van der Waals surface area contributed by atoms with Crippen molar-refractivity contribution in [1.29, 1.82) is 0 Å². The molecule has 1 amide bonds. The highest BCUT2D eigenvalue weighted by atomic mass is 19.1. The van der Waals surface area contributed by atoms with Gasteiger partial charge in [0.15, 0.2) is 0 Å². The van der Waals surface area contributed by atoms with Crippen LogP contribution in [0.3, 0.4) is 0 Å². The Morgan fingerprint density at radius 2 is 1.88 bits per heavy atom. The lowest BCUT2D eigenvalue weighted by molar-refractivity contribution is 0.0948. The van der Waals surface area contributed by atoms with Crippen LogP contribution >= 0.6 is 0 Å². The zero-order valence-corrected chi connectivity index (χ0v) is 13.1. The van der Waals surface area contributed by atoms with Crippen molar-refractivity contribution in [2.75, 3.05) is 6.54 Å². The summed E-state index contributed by atoms with van der Waals surface area (Å²) in [5.74, 6) is -0.391. The molecule has 0 bridgehead atoms. The molecule has 0 saturated carbocycles. The van der Waals surface area contributed by atoms with E-state index in [0.717, 1.165) is 24.0 Å². The number of hydrogen-bond donors (Lipinski definition) is 2. The molecule has 0 radical (unpaired) electrons. The minimum Gasteiger partial charge on any atom is -0.351 e. The fraction of sp³-hybridized carbons (Fsp3) is 0.158. The summed E-state index contributed by atoms with van der Waals surface area (Å²) < 4.78 is 13.8. The van der Waals surface area contributed by atoms with E-state index >= 15 is 0 Å². The van der Waals surface area contributed by atoms with Gasteiger partial charge in [0, 0.05) is 18.3 Å². The first-order valence-electron chi connectivity index (χ1n) is 7.86. The number of nitrogens with one attached hydrogen (secondary N) is 2. The highest BCUT2D eigenvalue weighted by Crippen LogP contribution is 2.22. The van der Waals surface area contributed by atoms with Gasteiger partial charge in [-0.05, 0) is 36.1 Å². The molecule has 122 valence electrons. The largest absolute Gasteiger partial charge is 0.351 e. The molecule has 1 heterocycles. The van der Waals surface area contributed by atoms with E-state index in [1.165, 1.54) is 6.07 Å². The van der Waals surface area contributed by atoms with Gasteiger partial charge >= 0.3 is 0 Å². The lowest BCUT2D eigenvalue weighted by Crippen LogP contribution is -2.25. The second-order valence-corrected chi connectivity index (χ2v) is 5.50. The predicted octanol–water partition coefficient (Wildman–Crippen LogP) is 3.58. The van der Waals surface area contributed by atoms with Gasteiger partial charge in [-0.1, -0.05) is 42.5 Å². The molecular formula is C19H18FN3O. The maximum atomic E-state index is 13.8. The summed E-state index contributed by atoms with van der Waals surface area (Å²) in [6.07, 6.45) is 3.29. The fourth-order valence-electron chi connectivity index (χ4n) is 2.52. The van der Waals surface area contributed by atoms with E-state index in [2.05, 4.69) is 15.5 Å². The van der Waals surface area contributed by atoms with Crippen LogP contribution in [0.1, 0.15) is 22.5 Å². The number of amides is 1. The van der Waals surface area contributed by atoms with Crippen molar-refractivity contribution >= 4 is 5.91 Å². The number of benzene rings is 2. The first-order chi connectivity index (χ1) is 11.7. The van der Waals surface area contributed by atoms with Crippen LogP contribution in [0.25, 0.3) is 11.1 Å². The van der Waals surface area contributed by atoms with Gasteiger partial charge in [-0.25, -0.2) is 4.39 Å². The van der Waals surface area contributed by atoms with Crippen molar-refractivity contribution in [2.45, 2.75) is 12.8 Å². The van der Waals surface area contributed by atoms with E-state index in [9.17, 15) is 9.18 Å². The number of aromatic nitrogens is 2. The van der Waals surface area contributed by atoms with Gasteiger partial charge < -0.3 is 5.32 Å². The fourth-order valence-corrected chi connectivity index (χ4v) is 2.52. The van der Waals surface area contributed by atoms with Crippen molar-refractivity contribution in [1.82, 2.24) is 15.5 Å². The van der Waals surface area contributed by atoms with Crippen LogP contribution in [0.2, 0.25) is 0 Å². The third-order valence-corrected chi connectivity index (χ3v) is 3.80. The molecule has 0 unspecified atom stereocenters. The molecule has 4 nitrogen and oxygen atoms in total. The van der Waals surface area contributed by atoms with Gasteiger partial charge in [0.05, 0.1) is 0 Å². The summed E-state index contributed by atoms with van der Waals surface area (Å²) in [4.78, 5) is 11.7. The summed E-state index contributed by atoms with van der Waals surface area (Å²) in [5, 5.41) is 9.27. The predicted molar refractivity (Wildman–Crippen MR) is 91.1 cm³/mol. The first kappa shape index (κ1) is 15.9. The number of nitrogens with zero attached hydrogens (tertiary/aromatic N) is 1. The van der Waals surface area contributed by atoms with Gasteiger partial charge in [0.2, 0.25) is 0 Å². The van der Waals surface area contributed by atoms with E-state index in [0.29, 0.717) is 17.8 Å². The minimum absolute atomic E-state index is 0.175. The number of aryl methyl sites for hydroxylation is 1. The van der Waals surface area contributed by atoms with Gasteiger partial charge in [-0.3, -0.25) is 9.89 Å². The van der Waals surface area contributed by atoms with E-state index in [1.54, 1.807) is 24.4 Å². The standard InChI is InChI=1S/C19H18FN3O/c20-17-6-2-1-5-16(17)15-9-7-14(8-10-15)4-3-12-21-19(24)18-11-13-22-23-18/h1-2,5-11,13H,3-4,12H2,(H,21,24)(H,22,23). The molecule has 5 heteroatoms. The van der Waals surface area contributed by atoms with Crippen LogP contribution in [-0.4, -0.2) is 22.6 Å². The molecule has 0 aliphatic carbocycles. The van der Waals surface area contributed by atoms with Crippen LogP contribution in [-0.2, 0) is 6.42 Å². The highest BCUT2D eigenvalue weighted by molar-refractivity contribution is 5.92. The van der Waals surface area contributed by atoms with Gasteiger partial charge in [-0.15, -0.1) is 0 Å². The second-order valence-electron chi connectivity index (χ2n) is 5.50. The van der Waals surface area contributed by atoms with Crippen molar-refractivity contribution in [3.8, 4) is 11.1 Å². The second kappa shape index (κ2) is 7.55. The molecule has 1 aromatic heterocycles. The minimum atomic E-state index is -0.216. The zero-order chi connectivity index (χ0) is 16.8. The SMILES string of the molecule is O=C(NCCCc1ccc(-c2ccccc2F)cc1)c1cc[nH]n1. The lowest BCUT2D eigenvalue weighted by Gasteiger charge is -2.06. The number of rotatable bonds is 6. The Bertz CT molecular complexity index is 798. The number of aromatic amines is 1. The topological polar surface area (TPSA) is 57.8 Å². The van der Waals surface area contributed by atoms with Crippen LogP contribution in [0, 0.1) is 5.82 Å². The van der Waals surface area contributed by atoms with Crippen LogP contribution in [0.5, 0.6) is 0 Å². The third-order valence-electron chi connectivity index (χ3n) is 3.80. The molecule has 3 rings (SSSR count). The van der Waals surface area contributed by atoms with Crippen LogP contribution in [0.15, 0.2) is 60.8 Å². The normalized spacial score (nSPS) is 10.5. The Labute approximate surface area is 139 Å². The zero-order valence-electron chi connectivity index (χ0n) is 13.1. The van der Waals surface area contributed by atoms with Gasteiger partial charge in [-0.2, -0.15) is 5.10 Å². The lowest BCUT2D eigenvalue weighted by atomic mass is 10.0. The third kappa shape index (κ3) is 3.87. The number of carbonyl (C=O) groups excluding carboxylic acids is 1. The highest BCUT2D eigenvalue weighted by Gasteiger charge is 2.06. The van der Waals surface area contributed by atoms with E-state index in [4.69, 9.17) is 0 Å². The molecular weight excluding hydrogens is 305 g/mol. The number of hydrogen-bond acceptors (Lipinski definition) is 2. The summed E-state index contributed by atoms with van der Waals surface area (Å²) in [6, 6.07) is 16.2. The molecule has 0 aliphatic rings. The summed E-state index contributed by atoms with van der Waals surface area (Å²) in [5.41, 5.74) is 3.02. The quantitative estimate of drug-likeness (QED) is 0.681. The summed E-state index contributed by atoms with van der Waals surface area (Å²) >= 11 is 0. The van der Waals surface area contributed by atoms with E-state index < -0.39 is 0 Å². The Hall–Kier alpha value is -2.95. The molecule has 0 aliphatic heterocycles. The Morgan fingerprint density at radius 3 is 2.58 bits per heavy atom. The molecule has 24 heavy (non-hydrogen) atoms. The van der Waals surface area contributed by atoms with E-state index in [-0.39, 0.29) is 11.7 Å². The Morgan fingerprint density at radius 1 is 1.08 bits per heavy atom. The van der Waals surface area contributed by atoms with Gasteiger partial charge in [0.1, 0.15) is 11.5 Å². The molecule has 0 atom stereocenters. The summed E-state index contributed by atoms with van der Waals surface area (Å²) in [6.45, 7) is 0.584. The summed E-state index contributed by atoms with van der Waals surface area (Å²) in [7, 11) is 0. The van der Waals surface area contributed by atoms with E-state index in [1.807, 2.05) is 30.3 Å². The van der Waals surface area contributed by atoms with Crippen molar-refractivity contribution in [2.24, 2.45) is 0 Å². The molecule has 2 aromatic carbocycles. The van der Waals surface area contributed by atoms with Crippen LogP contribution < -0.4 is 5.32 Å². The number of halogens is 1. The molecule has 0 saturated heterocycles. The Kier molecular flexibility index (Phi) is 5.01.